The van der Waals surface area contributed by atoms with Crippen molar-refractivity contribution in [3.05, 3.63) is 89.5 Å². The third-order valence-electron chi connectivity index (χ3n) is 6.96. The molecular weight excluding hydrogens is 410 g/mol. The number of phenolic OH excluding ortho intramolecular Hbond substituents is 1. The van der Waals surface area contributed by atoms with Crippen molar-refractivity contribution in [1.82, 2.24) is 4.90 Å². The first-order valence-electron chi connectivity index (χ1n) is 12.2. The molecule has 1 saturated heterocycles. The summed E-state index contributed by atoms with van der Waals surface area (Å²) < 4.78 is 12.1. The van der Waals surface area contributed by atoms with E-state index < -0.39 is 0 Å². The lowest BCUT2D eigenvalue weighted by Crippen LogP contribution is -2.25. The van der Waals surface area contributed by atoms with Crippen LogP contribution >= 0.6 is 0 Å². The molecule has 2 atom stereocenters. The van der Waals surface area contributed by atoms with Gasteiger partial charge in [-0.2, -0.15) is 0 Å². The normalized spacial score (nSPS) is 20.2. The molecule has 5 rings (SSSR count). The van der Waals surface area contributed by atoms with Crippen LogP contribution in [0.4, 0.5) is 0 Å². The molecule has 2 aliphatic rings. The topological polar surface area (TPSA) is 41.9 Å². The van der Waals surface area contributed by atoms with Crippen LogP contribution in [-0.4, -0.2) is 42.9 Å². The molecule has 4 heteroatoms. The van der Waals surface area contributed by atoms with Crippen LogP contribution in [0.5, 0.6) is 17.2 Å². The first kappa shape index (κ1) is 21.8. The van der Waals surface area contributed by atoms with Crippen LogP contribution in [0, 0.1) is 0 Å². The Morgan fingerprint density at radius 2 is 1.67 bits per heavy atom. The van der Waals surface area contributed by atoms with E-state index in [-0.39, 0.29) is 17.6 Å². The molecule has 0 saturated carbocycles. The van der Waals surface area contributed by atoms with E-state index in [0.717, 1.165) is 30.1 Å². The van der Waals surface area contributed by atoms with Crippen LogP contribution in [0.1, 0.15) is 54.2 Å². The Morgan fingerprint density at radius 3 is 2.45 bits per heavy atom. The van der Waals surface area contributed by atoms with Gasteiger partial charge in [0.2, 0.25) is 0 Å². The second-order valence-corrected chi connectivity index (χ2v) is 9.20. The van der Waals surface area contributed by atoms with Gasteiger partial charge in [0, 0.05) is 23.5 Å². The van der Waals surface area contributed by atoms with Crippen molar-refractivity contribution < 1.29 is 14.6 Å². The first-order chi connectivity index (χ1) is 16.3. The van der Waals surface area contributed by atoms with Gasteiger partial charge in [0.05, 0.1) is 13.2 Å². The zero-order chi connectivity index (χ0) is 22.5. The number of benzene rings is 3. The minimum absolute atomic E-state index is 0.159. The number of hydrogen-bond donors (Lipinski definition) is 1. The van der Waals surface area contributed by atoms with E-state index in [1.54, 1.807) is 12.1 Å². The van der Waals surface area contributed by atoms with E-state index in [4.69, 9.17) is 9.47 Å². The predicted molar refractivity (Wildman–Crippen MR) is 131 cm³/mol. The Hall–Kier alpha value is -2.98. The van der Waals surface area contributed by atoms with E-state index in [9.17, 15) is 5.11 Å². The third kappa shape index (κ3) is 5.17. The van der Waals surface area contributed by atoms with E-state index >= 15 is 0 Å². The standard InChI is InChI=1S/C29H33NO3/c31-24-12-15-26-28(20-24)33-21-27(22-8-2-1-3-9-22)29(26)23-10-13-25(14-11-23)32-19-7-6-18-30-16-4-5-17-30/h1-3,8-15,20,27,29,31H,4-7,16-19,21H2/t27-,29+/m0/s1. The van der Waals surface area contributed by atoms with Gasteiger partial charge < -0.3 is 19.5 Å². The molecular formula is C29H33NO3. The number of aromatic hydroxyl groups is 1. The van der Waals surface area contributed by atoms with Gasteiger partial charge in [-0.05, 0) is 74.6 Å². The molecule has 4 nitrogen and oxygen atoms in total. The second-order valence-electron chi connectivity index (χ2n) is 9.20. The lowest BCUT2D eigenvalue weighted by Gasteiger charge is -2.34. The fourth-order valence-corrected chi connectivity index (χ4v) is 5.20. The Kier molecular flexibility index (Phi) is 6.82. The highest BCUT2D eigenvalue weighted by atomic mass is 16.5. The smallest absolute Gasteiger partial charge is 0.126 e. The molecule has 1 fully saturated rings. The van der Waals surface area contributed by atoms with Gasteiger partial charge >= 0.3 is 0 Å². The summed E-state index contributed by atoms with van der Waals surface area (Å²) in [5.41, 5.74) is 3.61. The SMILES string of the molecule is Oc1ccc2c(c1)OC[C@@H](c1ccccc1)[C@@H]2c1ccc(OCCCCN2CCCC2)cc1. The molecule has 0 aromatic heterocycles. The monoisotopic (exact) mass is 443 g/mol. The summed E-state index contributed by atoms with van der Waals surface area (Å²) in [6, 6.07) is 24.6. The van der Waals surface area contributed by atoms with Gasteiger partial charge in [-0.3, -0.25) is 0 Å². The Bertz CT molecular complexity index is 1030. The van der Waals surface area contributed by atoms with Crippen molar-refractivity contribution in [2.75, 3.05) is 32.8 Å². The highest BCUT2D eigenvalue weighted by Gasteiger charge is 2.33. The average molecular weight is 444 g/mol. The molecule has 0 aliphatic carbocycles. The van der Waals surface area contributed by atoms with E-state index in [1.165, 1.54) is 50.0 Å². The number of ether oxygens (including phenoxy) is 2. The average Bonchev–Trinajstić information content (AvgIpc) is 3.38. The molecule has 0 unspecified atom stereocenters. The quantitative estimate of drug-likeness (QED) is 0.437. The zero-order valence-corrected chi connectivity index (χ0v) is 19.2. The largest absolute Gasteiger partial charge is 0.508 e. The molecule has 33 heavy (non-hydrogen) atoms. The van der Waals surface area contributed by atoms with Crippen LogP contribution in [0.15, 0.2) is 72.8 Å². The molecule has 1 N–H and O–H groups in total. The number of hydrogen-bond acceptors (Lipinski definition) is 4. The molecule has 0 bridgehead atoms. The fourth-order valence-electron chi connectivity index (χ4n) is 5.20. The zero-order valence-electron chi connectivity index (χ0n) is 19.2. The highest BCUT2D eigenvalue weighted by Crippen LogP contribution is 2.47. The summed E-state index contributed by atoms with van der Waals surface area (Å²) in [4.78, 5) is 2.56. The number of likely N-dealkylation sites (tertiary alicyclic amines) is 1. The van der Waals surface area contributed by atoms with Crippen LogP contribution in [-0.2, 0) is 0 Å². The summed E-state index contributed by atoms with van der Waals surface area (Å²) in [5.74, 6) is 2.30. The summed E-state index contributed by atoms with van der Waals surface area (Å²) in [6.45, 7) is 5.07. The summed E-state index contributed by atoms with van der Waals surface area (Å²) >= 11 is 0. The van der Waals surface area contributed by atoms with E-state index in [2.05, 4.69) is 53.4 Å². The molecule has 3 aromatic carbocycles. The van der Waals surface area contributed by atoms with Crippen molar-refractivity contribution in [3.8, 4) is 17.2 Å². The molecule has 3 aromatic rings. The molecule has 172 valence electrons. The number of nitrogens with zero attached hydrogens (tertiary/aromatic N) is 1. The number of fused-ring (bicyclic) bond motifs is 1. The molecule has 0 amide bonds. The van der Waals surface area contributed by atoms with Crippen molar-refractivity contribution in [1.29, 1.82) is 0 Å². The fraction of sp³-hybridized carbons (Fsp3) is 0.379. The summed E-state index contributed by atoms with van der Waals surface area (Å²) in [6.07, 6.45) is 4.99. The van der Waals surface area contributed by atoms with E-state index in [0.29, 0.717) is 6.61 Å². The number of unbranched alkanes of at least 4 members (excludes halogenated alkanes) is 1. The number of rotatable bonds is 8. The lowest BCUT2D eigenvalue weighted by molar-refractivity contribution is 0.247. The highest BCUT2D eigenvalue weighted by molar-refractivity contribution is 5.50. The van der Waals surface area contributed by atoms with Crippen molar-refractivity contribution >= 4 is 0 Å². The molecule has 0 radical (unpaired) electrons. The Balaban J connectivity index is 1.28. The van der Waals surface area contributed by atoms with Crippen LogP contribution in [0.2, 0.25) is 0 Å². The van der Waals surface area contributed by atoms with E-state index in [1.807, 2.05) is 12.1 Å². The van der Waals surface area contributed by atoms with Crippen molar-refractivity contribution in [2.24, 2.45) is 0 Å². The molecule has 0 spiro atoms. The predicted octanol–water partition coefficient (Wildman–Crippen LogP) is 5.96. The Morgan fingerprint density at radius 1 is 0.879 bits per heavy atom. The number of phenols is 1. The van der Waals surface area contributed by atoms with Gasteiger partial charge in [-0.15, -0.1) is 0 Å². The maximum absolute atomic E-state index is 9.95. The summed E-state index contributed by atoms with van der Waals surface area (Å²) in [5, 5.41) is 9.95. The molecule has 2 heterocycles. The maximum Gasteiger partial charge on any atom is 0.126 e. The molecule has 2 aliphatic heterocycles. The van der Waals surface area contributed by atoms with Gasteiger partial charge in [-0.25, -0.2) is 0 Å². The lowest BCUT2D eigenvalue weighted by atomic mass is 9.76. The van der Waals surface area contributed by atoms with Gasteiger partial charge in [-0.1, -0.05) is 48.5 Å². The van der Waals surface area contributed by atoms with Gasteiger partial charge in [0.15, 0.2) is 0 Å². The Labute approximate surface area is 196 Å². The second kappa shape index (κ2) is 10.3. The minimum atomic E-state index is 0.159. The van der Waals surface area contributed by atoms with Crippen LogP contribution < -0.4 is 9.47 Å². The minimum Gasteiger partial charge on any atom is -0.508 e. The van der Waals surface area contributed by atoms with Crippen LogP contribution in [0.25, 0.3) is 0 Å². The maximum atomic E-state index is 9.95. The van der Waals surface area contributed by atoms with Crippen LogP contribution in [0.3, 0.4) is 0 Å². The first-order valence-corrected chi connectivity index (χ1v) is 12.2. The third-order valence-corrected chi connectivity index (χ3v) is 6.96. The van der Waals surface area contributed by atoms with Crippen molar-refractivity contribution in [3.63, 3.8) is 0 Å². The van der Waals surface area contributed by atoms with Gasteiger partial charge in [0.25, 0.3) is 0 Å². The van der Waals surface area contributed by atoms with Crippen molar-refractivity contribution in [2.45, 2.75) is 37.5 Å². The summed E-state index contributed by atoms with van der Waals surface area (Å²) in [7, 11) is 0. The van der Waals surface area contributed by atoms with Gasteiger partial charge in [0.1, 0.15) is 17.2 Å².